The average Bonchev–Trinajstić information content (AvgIpc) is 2.90. The average molecular weight is 576 g/mol. The van der Waals surface area contributed by atoms with E-state index in [9.17, 15) is 14.0 Å². The minimum absolute atomic E-state index is 0.0521. The van der Waals surface area contributed by atoms with Crippen molar-refractivity contribution in [3.05, 3.63) is 104 Å². The molecule has 0 spiro atoms. The van der Waals surface area contributed by atoms with Crippen LogP contribution in [-0.4, -0.2) is 28.8 Å². The molecule has 1 fully saturated rings. The normalized spacial score (nSPS) is 14.6. The van der Waals surface area contributed by atoms with Crippen LogP contribution in [0.4, 0.5) is 4.39 Å². The van der Waals surface area contributed by atoms with Crippen molar-refractivity contribution in [1.82, 2.24) is 10.2 Å². The fourth-order valence-corrected chi connectivity index (χ4v) is 5.58. The summed E-state index contributed by atoms with van der Waals surface area (Å²) in [5.74, 6) is -1.23. The Bertz CT molecular complexity index is 1250. The minimum Gasteiger partial charge on any atom is -0.352 e. The van der Waals surface area contributed by atoms with Crippen LogP contribution < -0.4 is 5.32 Å². The number of amides is 2. The van der Waals surface area contributed by atoms with Gasteiger partial charge in [0.25, 0.3) is 0 Å². The number of halogens is 4. The lowest BCUT2D eigenvalue weighted by atomic mass is 9.94. The van der Waals surface area contributed by atoms with Gasteiger partial charge in [-0.2, -0.15) is 0 Å². The molecule has 1 atom stereocenters. The van der Waals surface area contributed by atoms with Crippen LogP contribution in [0.15, 0.2) is 66.7 Å². The largest absolute Gasteiger partial charge is 0.352 e. The van der Waals surface area contributed by atoms with Crippen LogP contribution in [0.5, 0.6) is 0 Å². The first-order valence-electron chi connectivity index (χ1n) is 12.8. The van der Waals surface area contributed by atoms with Gasteiger partial charge in [-0.05, 0) is 48.2 Å². The lowest BCUT2D eigenvalue weighted by Gasteiger charge is -2.34. The molecule has 0 radical (unpaired) electrons. The molecule has 1 aliphatic carbocycles. The van der Waals surface area contributed by atoms with E-state index >= 15 is 0 Å². The van der Waals surface area contributed by atoms with Crippen molar-refractivity contribution in [3.63, 3.8) is 0 Å². The Kier molecular flexibility index (Phi) is 10.1. The number of carbonyl (C=O) groups excluding carboxylic acids is 2. The maximum absolute atomic E-state index is 14.7. The molecule has 2 amide bonds. The van der Waals surface area contributed by atoms with Crippen LogP contribution in [0.3, 0.4) is 0 Å². The summed E-state index contributed by atoms with van der Waals surface area (Å²) in [5.41, 5.74) is 1.63. The molecule has 1 saturated carbocycles. The van der Waals surface area contributed by atoms with Crippen molar-refractivity contribution >= 4 is 46.6 Å². The molecule has 4 nitrogen and oxygen atoms in total. The van der Waals surface area contributed by atoms with Crippen LogP contribution in [0.25, 0.3) is 0 Å². The van der Waals surface area contributed by atoms with E-state index in [1.807, 2.05) is 30.3 Å². The quantitative estimate of drug-likeness (QED) is 0.289. The summed E-state index contributed by atoms with van der Waals surface area (Å²) in [6, 6.07) is 18.1. The third-order valence-electron chi connectivity index (χ3n) is 6.97. The smallest absolute Gasteiger partial charge is 0.243 e. The first kappa shape index (κ1) is 28.4. The molecule has 0 saturated heterocycles. The second-order valence-corrected chi connectivity index (χ2v) is 10.9. The highest BCUT2D eigenvalue weighted by Crippen LogP contribution is 2.26. The third kappa shape index (κ3) is 7.49. The Morgan fingerprint density at radius 2 is 1.66 bits per heavy atom. The van der Waals surface area contributed by atoms with Gasteiger partial charge in [0.2, 0.25) is 11.8 Å². The van der Waals surface area contributed by atoms with E-state index in [0.29, 0.717) is 22.0 Å². The monoisotopic (exact) mass is 574 g/mol. The summed E-state index contributed by atoms with van der Waals surface area (Å²) in [5, 5.41) is 4.19. The van der Waals surface area contributed by atoms with Gasteiger partial charge in [-0.25, -0.2) is 4.39 Å². The van der Waals surface area contributed by atoms with Crippen molar-refractivity contribution in [2.45, 2.75) is 63.6 Å². The second kappa shape index (κ2) is 13.5. The van der Waals surface area contributed by atoms with Crippen molar-refractivity contribution in [1.29, 1.82) is 0 Å². The number of hydrogen-bond acceptors (Lipinski definition) is 2. The topological polar surface area (TPSA) is 49.4 Å². The number of rotatable bonds is 9. The number of carbonyl (C=O) groups is 2. The molecule has 1 aliphatic rings. The highest BCUT2D eigenvalue weighted by atomic mass is 35.5. The summed E-state index contributed by atoms with van der Waals surface area (Å²) >= 11 is 18.8. The van der Waals surface area contributed by atoms with Gasteiger partial charge in [0.1, 0.15) is 11.9 Å². The third-order valence-corrected chi connectivity index (χ3v) is 7.91. The van der Waals surface area contributed by atoms with E-state index in [-0.39, 0.29) is 35.5 Å². The van der Waals surface area contributed by atoms with E-state index < -0.39 is 17.8 Å². The van der Waals surface area contributed by atoms with Gasteiger partial charge in [-0.15, -0.1) is 0 Å². The molecule has 38 heavy (non-hydrogen) atoms. The van der Waals surface area contributed by atoms with Crippen LogP contribution in [0.1, 0.15) is 48.8 Å². The summed E-state index contributed by atoms with van der Waals surface area (Å²) in [4.78, 5) is 29.2. The van der Waals surface area contributed by atoms with Crippen molar-refractivity contribution < 1.29 is 14.0 Å². The molecule has 1 N–H and O–H groups in total. The van der Waals surface area contributed by atoms with Crippen LogP contribution >= 0.6 is 34.8 Å². The van der Waals surface area contributed by atoms with E-state index in [0.717, 1.165) is 37.7 Å². The van der Waals surface area contributed by atoms with E-state index in [1.54, 1.807) is 24.3 Å². The molecular weight excluding hydrogens is 546 g/mol. The predicted molar refractivity (Wildman–Crippen MR) is 151 cm³/mol. The second-order valence-electron chi connectivity index (χ2n) is 9.68. The maximum Gasteiger partial charge on any atom is 0.243 e. The molecule has 0 aliphatic heterocycles. The first-order valence-corrected chi connectivity index (χ1v) is 14.0. The SMILES string of the molecule is O=C(NC1CCCCC1)[C@@H](Cc1ccccc1)N(Cc1ccc(Cl)cc1Cl)C(=O)Cc1c(F)cccc1Cl. The number of nitrogens with one attached hydrogen (secondary N) is 1. The summed E-state index contributed by atoms with van der Waals surface area (Å²) in [7, 11) is 0. The van der Waals surface area contributed by atoms with E-state index in [1.165, 1.54) is 17.0 Å². The molecule has 4 rings (SSSR count). The zero-order chi connectivity index (χ0) is 27.1. The maximum atomic E-state index is 14.7. The highest BCUT2D eigenvalue weighted by Gasteiger charge is 2.33. The molecule has 0 heterocycles. The molecule has 200 valence electrons. The molecule has 0 aromatic heterocycles. The summed E-state index contributed by atoms with van der Waals surface area (Å²) < 4.78 is 14.7. The van der Waals surface area contributed by atoms with Crippen molar-refractivity contribution in [2.24, 2.45) is 0 Å². The van der Waals surface area contributed by atoms with Crippen LogP contribution in [0.2, 0.25) is 15.1 Å². The van der Waals surface area contributed by atoms with Crippen LogP contribution in [-0.2, 0) is 29.0 Å². The zero-order valence-corrected chi connectivity index (χ0v) is 23.2. The number of nitrogens with zero attached hydrogens (tertiary/aromatic N) is 1. The number of benzene rings is 3. The highest BCUT2D eigenvalue weighted by molar-refractivity contribution is 6.35. The molecule has 3 aromatic rings. The van der Waals surface area contributed by atoms with Gasteiger partial charge in [0, 0.05) is 39.6 Å². The minimum atomic E-state index is -0.843. The zero-order valence-electron chi connectivity index (χ0n) is 20.9. The van der Waals surface area contributed by atoms with Gasteiger partial charge in [0.05, 0.1) is 6.42 Å². The van der Waals surface area contributed by atoms with Gasteiger partial charge < -0.3 is 10.2 Å². The fraction of sp³-hybridized carbons (Fsp3) is 0.333. The Balaban J connectivity index is 1.71. The van der Waals surface area contributed by atoms with Gasteiger partial charge in [0.15, 0.2) is 0 Å². The number of hydrogen-bond donors (Lipinski definition) is 1. The van der Waals surface area contributed by atoms with Crippen molar-refractivity contribution in [3.8, 4) is 0 Å². The van der Waals surface area contributed by atoms with E-state index in [2.05, 4.69) is 5.32 Å². The summed E-state index contributed by atoms with van der Waals surface area (Å²) in [6.07, 6.45) is 5.09. The molecule has 0 unspecified atom stereocenters. The van der Waals surface area contributed by atoms with Crippen LogP contribution in [0, 0.1) is 5.82 Å². The molecule has 8 heteroatoms. The Morgan fingerprint density at radius 1 is 0.921 bits per heavy atom. The van der Waals surface area contributed by atoms with E-state index in [4.69, 9.17) is 34.8 Å². The van der Waals surface area contributed by atoms with Crippen molar-refractivity contribution in [2.75, 3.05) is 0 Å². The summed E-state index contributed by atoms with van der Waals surface area (Å²) in [6.45, 7) is 0.0521. The molecule has 0 bridgehead atoms. The van der Waals surface area contributed by atoms with Gasteiger partial charge in [-0.3, -0.25) is 9.59 Å². The Labute approximate surface area is 238 Å². The Hall–Kier alpha value is -2.60. The lowest BCUT2D eigenvalue weighted by molar-refractivity contribution is -0.141. The Morgan fingerprint density at radius 3 is 2.34 bits per heavy atom. The standard InChI is InChI=1S/C30H30Cl3FN2O2/c31-22-15-14-21(26(33)17-22)19-36(29(37)18-24-25(32)12-7-13-27(24)34)28(16-20-8-3-1-4-9-20)30(38)35-23-10-5-2-6-11-23/h1,3-4,7-9,12-15,17,23,28H,2,5-6,10-11,16,18-19H2,(H,35,38)/t28-/m1/s1. The first-order chi connectivity index (χ1) is 18.3. The lowest BCUT2D eigenvalue weighted by Crippen LogP contribution is -2.53. The van der Waals surface area contributed by atoms with Gasteiger partial charge in [-0.1, -0.05) is 96.5 Å². The molecular formula is C30H30Cl3FN2O2. The fourth-order valence-electron chi connectivity index (χ4n) is 4.89. The molecule has 3 aromatic carbocycles. The van der Waals surface area contributed by atoms with Gasteiger partial charge >= 0.3 is 0 Å². The predicted octanol–water partition coefficient (Wildman–Crippen LogP) is 7.42.